The normalized spacial score (nSPS) is 37.3. The zero-order valence-corrected chi connectivity index (χ0v) is 25.6. The molecule has 0 radical (unpaired) electrons. The van der Waals surface area contributed by atoms with Crippen molar-refractivity contribution in [3.63, 3.8) is 0 Å². The van der Waals surface area contributed by atoms with Crippen LogP contribution in [0, 0.1) is 34.5 Å². The van der Waals surface area contributed by atoms with E-state index in [0.29, 0.717) is 24.3 Å². The van der Waals surface area contributed by atoms with Crippen molar-refractivity contribution in [2.24, 2.45) is 34.5 Å². The van der Waals surface area contributed by atoms with Gasteiger partial charge in [-0.2, -0.15) is 0 Å². The summed E-state index contributed by atoms with van der Waals surface area (Å²) in [5.41, 5.74) is 0.565. The van der Waals surface area contributed by atoms with Gasteiger partial charge in [0.15, 0.2) is 0 Å². The van der Waals surface area contributed by atoms with Crippen molar-refractivity contribution in [1.82, 2.24) is 4.90 Å². The van der Waals surface area contributed by atoms with Crippen molar-refractivity contribution in [2.75, 3.05) is 7.05 Å². The number of hydrogen-bond donors (Lipinski definition) is 0. The number of piperidine rings is 1. The van der Waals surface area contributed by atoms with Gasteiger partial charge < -0.3 is 9.64 Å². The minimum atomic E-state index is 0.0285. The lowest BCUT2D eigenvalue weighted by molar-refractivity contribution is -0.164. The molecule has 3 saturated carbocycles. The van der Waals surface area contributed by atoms with Crippen LogP contribution in [-0.4, -0.2) is 36.0 Å². The third-order valence-corrected chi connectivity index (χ3v) is 12.2. The second-order valence-corrected chi connectivity index (χ2v) is 14.3. The molecule has 8 atom stereocenters. The van der Waals surface area contributed by atoms with E-state index in [1.54, 1.807) is 0 Å². The molecule has 0 spiro atoms. The Morgan fingerprint density at radius 3 is 2.18 bits per heavy atom. The van der Waals surface area contributed by atoms with Gasteiger partial charge in [0.1, 0.15) is 6.10 Å². The molecule has 1 aliphatic heterocycles. The lowest BCUT2D eigenvalue weighted by Crippen LogP contribution is -2.61. The maximum Gasteiger partial charge on any atom is 0.306 e. The molecule has 0 N–H and O–H groups in total. The maximum atomic E-state index is 12.7. The van der Waals surface area contributed by atoms with Crippen LogP contribution in [0.4, 0.5) is 0 Å². The number of rotatable bonds is 13. The van der Waals surface area contributed by atoms with Gasteiger partial charge >= 0.3 is 5.97 Å². The lowest BCUT2D eigenvalue weighted by Gasteiger charge is -2.62. The van der Waals surface area contributed by atoms with Gasteiger partial charge in [-0.05, 0) is 86.9 Å². The summed E-state index contributed by atoms with van der Waals surface area (Å²) in [4.78, 5) is 27.3. The Morgan fingerprint density at radius 1 is 0.868 bits per heavy atom. The number of unbranched alkanes of at least 4 members (excludes halogenated alkanes) is 9. The van der Waals surface area contributed by atoms with Gasteiger partial charge in [-0.25, -0.2) is 0 Å². The fraction of sp³-hybridized carbons (Fsp3) is 0.941. The standard InChI is InChI=1S/C34H59NO3/c1-6-7-8-9-10-11-12-13-14-15-16-32(37)38-25(2)27-18-19-28-26-17-20-30-34(4,24-22-31(36)35(30)5)29(26)21-23-33(27,28)3/h25-30H,6-24H2,1-5H3/t25?,26-,27+,28-,29-,30?,33+,34+/m0/s1. The Balaban J connectivity index is 1.22. The number of ether oxygens (including phenoxy) is 1. The molecule has 4 rings (SSSR count). The molecule has 1 saturated heterocycles. The number of hydrogen-bond acceptors (Lipinski definition) is 3. The van der Waals surface area contributed by atoms with E-state index in [-0.39, 0.29) is 22.9 Å². The smallest absolute Gasteiger partial charge is 0.306 e. The predicted octanol–water partition coefficient (Wildman–Crippen LogP) is 8.71. The van der Waals surface area contributed by atoms with Crippen molar-refractivity contribution in [1.29, 1.82) is 0 Å². The highest BCUT2D eigenvalue weighted by Crippen LogP contribution is 2.66. The molecular weight excluding hydrogens is 470 g/mol. The highest BCUT2D eigenvalue weighted by molar-refractivity contribution is 5.77. The number of likely N-dealkylation sites (tertiary alicyclic amines) is 1. The van der Waals surface area contributed by atoms with Crippen LogP contribution in [-0.2, 0) is 14.3 Å². The Morgan fingerprint density at radius 2 is 1.50 bits per heavy atom. The molecular formula is C34H59NO3. The molecule has 0 aromatic heterocycles. The van der Waals surface area contributed by atoms with Gasteiger partial charge in [0.25, 0.3) is 0 Å². The maximum absolute atomic E-state index is 12.7. The average molecular weight is 530 g/mol. The van der Waals surface area contributed by atoms with Crippen LogP contribution in [0.25, 0.3) is 0 Å². The topological polar surface area (TPSA) is 46.6 Å². The van der Waals surface area contributed by atoms with Crippen LogP contribution in [0.3, 0.4) is 0 Å². The number of carbonyl (C=O) groups excluding carboxylic acids is 2. The number of nitrogens with zero attached hydrogens (tertiary/aromatic N) is 1. The van der Waals surface area contributed by atoms with E-state index in [1.165, 1.54) is 89.9 Å². The number of fused-ring (bicyclic) bond motifs is 5. The van der Waals surface area contributed by atoms with E-state index in [0.717, 1.165) is 43.4 Å². The Labute approximate surface area is 234 Å². The van der Waals surface area contributed by atoms with Gasteiger partial charge in [0.2, 0.25) is 5.91 Å². The molecule has 0 bridgehead atoms. The number of esters is 1. The highest BCUT2D eigenvalue weighted by Gasteiger charge is 2.61. The lowest BCUT2D eigenvalue weighted by atomic mass is 9.46. The molecule has 4 heteroatoms. The SMILES string of the molecule is CCCCCCCCCCCCC(=O)OC(C)[C@H]1CC[C@H]2[C@@H]3CCC4N(C)C(=O)CC[C@]4(C)[C@H]3CC[C@]12C. The fourth-order valence-corrected chi connectivity index (χ4v) is 10.1. The van der Waals surface area contributed by atoms with Crippen molar-refractivity contribution in [3.05, 3.63) is 0 Å². The summed E-state index contributed by atoms with van der Waals surface area (Å²) in [7, 11) is 2.05. The van der Waals surface area contributed by atoms with Gasteiger partial charge in [0, 0.05) is 31.8 Å². The first kappa shape index (κ1) is 29.9. The minimum Gasteiger partial charge on any atom is -0.462 e. The van der Waals surface area contributed by atoms with E-state index in [9.17, 15) is 9.59 Å². The Kier molecular flexibility index (Phi) is 10.3. The van der Waals surface area contributed by atoms with E-state index in [2.05, 4.69) is 39.6 Å². The third-order valence-electron chi connectivity index (χ3n) is 12.2. The van der Waals surface area contributed by atoms with Gasteiger partial charge in [-0.1, -0.05) is 78.6 Å². The average Bonchev–Trinajstić information content (AvgIpc) is 3.25. The molecule has 38 heavy (non-hydrogen) atoms. The highest BCUT2D eigenvalue weighted by atomic mass is 16.5. The summed E-state index contributed by atoms with van der Waals surface area (Å²) >= 11 is 0. The molecule has 4 nitrogen and oxygen atoms in total. The zero-order valence-electron chi connectivity index (χ0n) is 25.6. The molecule has 4 aliphatic rings. The zero-order chi connectivity index (χ0) is 27.3. The van der Waals surface area contributed by atoms with Gasteiger partial charge in [-0.15, -0.1) is 0 Å². The Bertz CT molecular complexity index is 797. The monoisotopic (exact) mass is 529 g/mol. The first-order chi connectivity index (χ1) is 18.2. The first-order valence-corrected chi connectivity index (χ1v) is 16.7. The van der Waals surface area contributed by atoms with E-state index in [4.69, 9.17) is 4.74 Å². The molecule has 1 heterocycles. The largest absolute Gasteiger partial charge is 0.462 e. The van der Waals surface area contributed by atoms with E-state index < -0.39 is 0 Å². The summed E-state index contributed by atoms with van der Waals surface area (Å²) in [6, 6.07) is 0.428. The predicted molar refractivity (Wildman–Crippen MR) is 156 cm³/mol. The van der Waals surface area contributed by atoms with Crippen LogP contribution >= 0.6 is 0 Å². The summed E-state index contributed by atoms with van der Waals surface area (Å²) < 4.78 is 6.12. The summed E-state index contributed by atoms with van der Waals surface area (Å²) in [5.74, 6) is 3.13. The molecule has 0 aromatic rings. The first-order valence-electron chi connectivity index (χ1n) is 16.7. The van der Waals surface area contributed by atoms with Crippen molar-refractivity contribution in [3.8, 4) is 0 Å². The van der Waals surface area contributed by atoms with Crippen molar-refractivity contribution in [2.45, 2.75) is 162 Å². The summed E-state index contributed by atoms with van der Waals surface area (Å²) in [6.07, 6.45) is 22.8. The Hall–Kier alpha value is -1.06. The summed E-state index contributed by atoms with van der Waals surface area (Å²) in [6.45, 7) is 9.49. The second kappa shape index (κ2) is 13.1. The molecule has 218 valence electrons. The van der Waals surface area contributed by atoms with Crippen LogP contribution < -0.4 is 0 Å². The minimum absolute atomic E-state index is 0.0285. The number of amides is 1. The van der Waals surface area contributed by atoms with Crippen LogP contribution in [0.15, 0.2) is 0 Å². The van der Waals surface area contributed by atoms with E-state index in [1.807, 2.05) is 0 Å². The molecule has 3 aliphatic carbocycles. The van der Waals surface area contributed by atoms with Crippen molar-refractivity contribution < 1.29 is 14.3 Å². The van der Waals surface area contributed by atoms with E-state index >= 15 is 0 Å². The molecule has 1 amide bonds. The quantitative estimate of drug-likeness (QED) is 0.177. The molecule has 0 aromatic carbocycles. The number of carbonyl (C=O) groups is 2. The van der Waals surface area contributed by atoms with Crippen molar-refractivity contribution >= 4 is 11.9 Å². The molecule has 2 unspecified atom stereocenters. The fourth-order valence-electron chi connectivity index (χ4n) is 10.1. The second-order valence-electron chi connectivity index (χ2n) is 14.3. The van der Waals surface area contributed by atoms with Crippen LogP contribution in [0.5, 0.6) is 0 Å². The summed E-state index contributed by atoms with van der Waals surface area (Å²) in [5, 5.41) is 0. The third kappa shape index (κ3) is 6.14. The molecule has 4 fully saturated rings. The van der Waals surface area contributed by atoms with Crippen LogP contribution in [0.1, 0.15) is 150 Å². The van der Waals surface area contributed by atoms with Gasteiger partial charge in [0.05, 0.1) is 0 Å². The van der Waals surface area contributed by atoms with Crippen LogP contribution in [0.2, 0.25) is 0 Å². The van der Waals surface area contributed by atoms with Gasteiger partial charge in [-0.3, -0.25) is 9.59 Å².